The maximum Gasteiger partial charge on any atom is 0.253 e. The lowest BCUT2D eigenvalue weighted by Gasteiger charge is -2.14. The van der Waals surface area contributed by atoms with Crippen LogP contribution in [-0.2, 0) is 6.42 Å². The van der Waals surface area contributed by atoms with Crippen LogP contribution in [0.25, 0.3) is 0 Å². The molecular weight excluding hydrogens is 280 g/mol. The molecule has 0 saturated heterocycles. The summed E-state index contributed by atoms with van der Waals surface area (Å²) in [5.74, 6) is -0.194. The summed E-state index contributed by atoms with van der Waals surface area (Å²) in [5, 5.41) is 7.34. The molecule has 1 amide bonds. The van der Waals surface area contributed by atoms with Crippen LogP contribution >= 0.6 is 22.9 Å². The van der Waals surface area contributed by atoms with E-state index in [0.29, 0.717) is 16.3 Å². The molecule has 0 aliphatic heterocycles. The standard InChI is InChI=1S/C14H15ClN2OS/c1-9(7-10-5-6-19-8-10)17-14(18)11-3-2-4-12(16)13(11)15/h2-6,8-9H,7,16H2,1H3,(H,17,18). The fourth-order valence-corrected chi connectivity index (χ4v) is 2.73. The minimum atomic E-state index is -0.194. The highest BCUT2D eigenvalue weighted by Crippen LogP contribution is 2.23. The van der Waals surface area contributed by atoms with E-state index in [1.54, 1.807) is 29.5 Å². The van der Waals surface area contributed by atoms with Crippen molar-refractivity contribution in [1.82, 2.24) is 5.32 Å². The number of anilines is 1. The molecule has 0 fully saturated rings. The van der Waals surface area contributed by atoms with E-state index in [1.807, 2.05) is 12.3 Å². The van der Waals surface area contributed by atoms with Crippen LogP contribution in [0.4, 0.5) is 5.69 Å². The number of carbonyl (C=O) groups is 1. The Labute approximate surface area is 121 Å². The fraction of sp³-hybridized carbons (Fsp3) is 0.214. The van der Waals surface area contributed by atoms with E-state index in [-0.39, 0.29) is 11.9 Å². The number of thiophene rings is 1. The highest BCUT2D eigenvalue weighted by molar-refractivity contribution is 7.07. The summed E-state index contributed by atoms with van der Waals surface area (Å²) < 4.78 is 0. The average Bonchev–Trinajstić information content (AvgIpc) is 2.85. The van der Waals surface area contributed by atoms with E-state index in [4.69, 9.17) is 17.3 Å². The smallest absolute Gasteiger partial charge is 0.253 e. The minimum absolute atomic E-state index is 0.0413. The summed E-state index contributed by atoms with van der Waals surface area (Å²) in [6.45, 7) is 1.97. The van der Waals surface area contributed by atoms with Gasteiger partial charge >= 0.3 is 0 Å². The van der Waals surface area contributed by atoms with E-state index in [9.17, 15) is 4.79 Å². The molecule has 5 heteroatoms. The lowest BCUT2D eigenvalue weighted by molar-refractivity contribution is 0.0940. The van der Waals surface area contributed by atoms with Crippen molar-refractivity contribution in [1.29, 1.82) is 0 Å². The Morgan fingerprint density at radius 1 is 1.47 bits per heavy atom. The third-order valence-electron chi connectivity index (χ3n) is 2.77. The van der Waals surface area contributed by atoms with Gasteiger partial charge in [-0.1, -0.05) is 17.7 Å². The molecule has 2 rings (SSSR count). The molecule has 3 nitrogen and oxygen atoms in total. The second-order valence-electron chi connectivity index (χ2n) is 4.42. The molecule has 0 aliphatic rings. The van der Waals surface area contributed by atoms with Gasteiger partial charge in [0.25, 0.3) is 5.91 Å². The molecule has 1 aromatic carbocycles. The van der Waals surface area contributed by atoms with Crippen LogP contribution in [0.15, 0.2) is 35.0 Å². The Balaban J connectivity index is 2.02. The van der Waals surface area contributed by atoms with Gasteiger partial charge in [0, 0.05) is 6.04 Å². The summed E-state index contributed by atoms with van der Waals surface area (Å²) in [4.78, 5) is 12.1. The average molecular weight is 295 g/mol. The number of carbonyl (C=O) groups excluding carboxylic acids is 1. The lowest BCUT2D eigenvalue weighted by Crippen LogP contribution is -2.34. The molecule has 1 atom stereocenters. The number of halogens is 1. The van der Waals surface area contributed by atoms with Crippen LogP contribution in [0.5, 0.6) is 0 Å². The van der Waals surface area contributed by atoms with E-state index in [0.717, 1.165) is 6.42 Å². The summed E-state index contributed by atoms with van der Waals surface area (Å²) in [5.41, 5.74) is 7.74. The van der Waals surface area contributed by atoms with Crippen LogP contribution in [0.3, 0.4) is 0 Å². The van der Waals surface area contributed by atoms with Crippen molar-refractivity contribution in [2.45, 2.75) is 19.4 Å². The Morgan fingerprint density at radius 3 is 2.95 bits per heavy atom. The molecule has 3 N–H and O–H groups in total. The molecular formula is C14H15ClN2OS. The van der Waals surface area contributed by atoms with E-state index < -0.39 is 0 Å². The zero-order valence-corrected chi connectivity index (χ0v) is 12.1. The first-order valence-electron chi connectivity index (χ1n) is 5.94. The second-order valence-corrected chi connectivity index (χ2v) is 5.58. The van der Waals surface area contributed by atoms with Crippen LogP contribution in [0.2, 0.25) is 5.02 Å². The zero-order chi connectivity index (χ0) is 13.8. The van der Waals surface area contributed by atoms with Gasteiger partial charge < -0.3 is 11.1 Å². The van der Waals surface area contributed by atoms with Gasteiger partial charge in [0.2, 0.25) is 0 Å². The van der Waals surface area contributed by atoms with Gasteiger partial charge in [-0.05, 0) is 47.9 Å². The van der Waals surface area contributed by atoms with Gasteiger partial charge in [-0.15, -0.1) is 0 Å². The quantitative estimate of drug-likeness (QED) is 0.850. The normalized spacial score (nSPS) is 12.1. The van der Waals surface area contributed by atoms with E-state index in [2.05, 4.69) is 16.8 Å². The third kappa shape index (κ3) is 3.49. The highest BCUT2D eigenvalue weighted by Gasteiger charge is 2.14. The lowest BCUT2D eigenvalue weighted by atomic mass is 10.1. The molecule has 0 bridgehead atoms. The number of amides is 1. The van der Waals surface area contributed by atoms with Crippen molar-refractivity contribution < 1.29 is 4.79 Å². The summed E-state index contributed by atoms with van der Waals surface area (Å²) in [7, 11) is 0. The molecule has 0 spiro atoms. The van der Waals surface area contributed by atoms with Crippen LogP contribution in [0.1, 0.15) is 22.8 Å². The maximum absolute atomic E-state index is 12.1. The van der Waals surface area contributed by atoms with Gasteiger partial charge in [0.1, 0.15) is 0 Å². The van der Waals surface area contributed by atoms with Crippen molar-refractivity contribution in [2.24, 2.45) is 0 Å². The fourth-order valence-electron chi connectivity index (χ4n) is 1.84. The Bertz CT molecular complexity index is 569. The summed E-state index contributed by atoms with van der Waals surface area (Å²) in [6.07, 6.45) is 0.801. The number of hydrogen-bond acceptors (Lipinski definition) is 3. The van der Waals surface area contributed by atoms with Crippen molar-refractivity contribution in [3.8, 4) is 0 Å². The SMILES string of the molecule is CC(Cc1ccsc1)NC(=O)c1cccc(N)c1Cl. The first kappa shape index (κ1) is 13.9. The van der Waals surface area contributed by atoms with Crippen molar-refractivity contribution in [3.05, 3.63) is 51.2 Å². The van der Waals surface area contributed by atoms with Gasteiger partial charge in [-0.25, -0.2) is 0 Å². The predicted molar refractivity (Wildman–Crippen MR) is 80.8 cm³/mol. The Morgan fingerprint density at radius 2 is 2.26 bits per heavy atom. The number of rotatable bonds is 4. The molecule has 2 aromatic rings. The van der Waals surface area contributed by atoms with E-state index in [1.165, 1.54) is 5.56 Å². The molecule has 0 aliphatic carbocycles. The van der Waals surface area contributed by atoms with Gasteiger partial charge in [-0.2, -0.15) is 11.3 Å². The first-order valence-corrected chi connectivity index (χ1v) is 7.26. The number of hydrogen-bond donors (Lipinski definition) is 2. The van der Waals surface area contributed by atoms with Crippen LogP contribution in [0, 0.1) is 0 Å². The van der Waals surface area contributed by atoms with Crippen LogP contribution in [-0.4, -0.2) is 11.9 Å². The molecule has 0 saturated carbocycles. The summed E-state index contributed by atoms with van der Waals surface area (Å²) in [6, 6.07) is 7.17. The molecule has 0 radical (unpaired) electrons. The van der Waals surface area contributed by atoms with E-state index >= 15 is 0 Å². The molecule has 1 heterocycles. The van der Waals surface area contributed by atoms with Crippen molar-refractivity contribution in [2.75, 3.05) is 5.73 Å². The minimum Gasteiger partial charge on any atom is -0.398 e. The maximum atomic E-state index is 12.1. The number of nitrogen functional groups attached to an aromatic ring is 1. The van der Waals surface area contributed by atoms with Crippen LogP contribution < -0.4 is 11.1 Å². The van der Waals surface area contributed by atoms with Gasteiger partial charge in [0.05, 0.1) is 16.3 Å². The van der Waals surface area contributed by atoms with Gasteiger partial charge in [-0.3, -0.25) is 4.79 Å². The topological polar surface area (TPSA) is 55.1 Å². The Kier molecular flexibility index (Phi) is 4.45. The number of nitrogens with one attached hydrogen (secondary N) is 1. The molecule has 1 aromatic heterocycles. The zero-order valence-electron chi connectivity index (χ0n) is 10.5. The predicted octanol–water partition coefficient (Wildman–Crippen LogP) is 3.34. The monoisotopic (exact) mass is 294 g/mol. The van der Waals surface area contributed by atoms with Crippen molar-refractivity contribution in [3.63, 3.8) is 0 Å². The summed E-state index contributed by atoms with van der Waals surface area (Å²) >= 11 is 7.68. The molecule has 1 unspecified atom stereocenters. The highest BCUT2D eigenvalue weighted by atomic mass is 35.5. The van der Waals surface area contributed by atoms with Gasteiger partial charge in [0.15, 0.2) is 0 Å². The molecule has 19 heavy (non-hydrogen) atoms. The third-order valence-corrected chi connectivity index (χ3v) is 3.93. The number of benzene rings is 1. The Hall–Kier alpha value is -1.52. The molecule has 100 valence electrons. The second kappa shape index (κ2) is 6.08. The largest absolute Gasteiger partial charge is 0.398 e. The first-order chi connectivity index (χ1) is 9.08. The number of nitrogens with two attached hydrogens (primary N) is 1. The van der Waals surface area contributed by atoms with Crippen molar-refractivity contribution >= 4 is 34.5 Å².